The second-order valence-electron chi connectivity index (χ2n) is 6.22. The van der Waals surface area contributed by atoms with E-state index in [-0.39, 0.29) is 23.6 Å². The molecule has 3 aromatic rings. The van der Waals surface area contributed by atoms with Crippen molar-refractivity contribution in [2.45, 2.75) is 6.10 Å². The zero-order chi connectivity index (χ0) is 19.5. The molecule has 6 nitrogen and oxygen atoms in total. The van der Waals surface area contributed by atoms with Crippen LogP contribution in [0.5, 0.6) is 0 Å². The van der Waals surface area contributed by atoms with Crippen LogP contribution in [0.4, 0.5) is 20.4 Å². The van der Waals surface area contributed by atoms with Gasteiger partial charge >= 0.3 is 0 Å². The zero-order valence-corrected chi connectivity index (χ0v) is 14.7. The number of oxazole rings is 1. The van der Waals surface area contributed by atoms with Gasteiger partial charge in [0.1, 0.15) is 23.3 Å². The normalized spacial score (nSPS) is 16.5. The Kier molecular flexibility index (Phi) is 5.02. The maximum Gasteiger partial charge on any atom is 0.236 e. The molecule has 1 aromatic heterocycles. The summed E-state index contributed by atoms with van der Waals surface area (Å²) in [5.41, 5.74) is 1.15. The molecule has 1 fully saturated rings. The van der Waals surface area contributed by atoms with E-state index in [2.05, 4.69) is 15.6 Å². The molecule has 0 saturated carbocycles. The van der Waals surface area contributed by atoms with Gasteiger partial charge in [0.25, 0.3) is 0 Å². The van der Waals surface area contributed by atoms with E-state index in [0.717, 1.165) is 30.8 Å². The summed E-state index contributed by atoms with van der Waals surface area (Å²) in [6.07, 6.45) is -0.0154. The van der Waals surface area contributed by atoms with Gasteiger partial charge in [-0.2, -0.15) is 10.2 Å². The molecule has 142 valence electrons. The lowest BCUT2D eigenvalue weighted by Crippen LogP contribution is -2.33. The van der Waals surface area contributed by atoms with Crippen LogP contribution < -0.4 is 10.6 Å². The first kappa shape index (κ1) is 18.1. The van der Waals surface area contributed by atoms with Gasteiger partial charge in [0.05, 0.1) is 12.7 Å². The summed E-state index contributed by atoms with van der Waals surface area (Å²) < 4.78 is 39.1. The van der Waals surface area contributed by atoms with Gasteiger partial charge in [-0.15, -0.1) is 0 Å². The van der Waals surface area contributed by atoms with E-state index < -0.39 is 17.2 Å². The molecule has 1 aliphatic rings. The van der Waals surface area contributed by atoms with Gasteiger partial charge in [-0.3, -0.25) is 0 Å². The van der Waals surface area contributed by atoms with Gasteiger partial charge in [0, 0.05) is 18.8 Å². The molecule has 8 heteroatoms. The Balaban J connectivity index is 1.58. The summed E-state index contributed by atoms with van der Waals surface area (Å²) in [4.78, 5) is 3.91. The van der Waals surface area contributed by atoms with E-state index in [1.54, 1.807) is 12.1 Å². The molecule has 0 amide bonds. The van der Waals surface area contributed by atoms with Gasteiger partial charge in [-0.1, -0.05) is 18.2 Å². The molecule has 2 N–H and O–H groups in total. The third-order valence-corrected chi connectivity index (χ3v) is 4.38. The van der Waals surface area contributed by atoms with Crippen molar-refractivity contribution in [3.63, 3.8) is 0 Å². The average Bonchev–Trinajstić information content (AvgIpc) is 3.11. The lowest BCUT2D eigenvalue weighted by Gasteiger charge is -2.24. The number of benzene rings is 2. The monoisotopic (exact) mass is 382 g/mol. The minimum absolute atomic E-state index is 0.0154. The molecule has 0 radical (unpaired) electrons. The molecule has 0 bridgehead atoms. The lowest BCUT2D eigenvalue weighted by atomic mass is 10.1. The molecule has 1 aliphatic heterocycles. The third-order valence-electron chi connectivity index (χ3n) is 4.38. The number of nitriles is 1. The highest BCUT2D eigenvalue weighted by Gasteiger charge is 2.21. The first-order valence-corrected chi connectivity index (χ1v) is 8.70. The highest BCUT2D eigenvalue weighted by Crippen LogP contribution is 2.31. The molecule has 28 heavy (non-hydrogen) atoms. The number of anilines is 2. The highest BCUT2D eigenvalue weighted by atomic mass is 19.1. The summed E-state index contributed by atoms with van der Waals surface area (Å²) in [7, 11) is 0. The smallest absolute Gasteiger partial charge is 0.236 e. The van der Waals surface area contributed by atoms with Crippen molar-refractivity contribution in [3.8, 4) is 17.5 Å². The van der Waals surface area contributed by atoms with Crippen molar-refractivity contribution in [2.24, 2.45) is 0 Å². The second kappa shape index (κ2) is 7.76. The standard InChI is InChI=1S/C20H16F2N4O2/c21-14-2-1-3-15(22)18(14)20-26-16(10-23)19(28-20)25-13-6-4-12(5-7-13)17-11-24-8-9-27-17/h1-7,17,24-25H,8-9,11H2. The van der Waals surface area contributed by atoms with Crippen molar-refractivity contribution < 1.29 is 17.9 Å². The first-order chi connectivity index (χ1) is 13.7. The van der Waals surface area contributed by atoms with E-state index in [1.807, 2.05) is 18.2 Å². The molecule has 0 aliphatic carbocycles. The van der Waals surface area contributed by atoms with E-state index in [1.165, 1.54) is 6.07 Å². The molecule has 1 saturated heterocycles. The molecule has 1 atom stereocenters. The van der Waals surface area contributed by atoms with Crippen LogP contribution in [-0.2, 0) is 4.74 Å². The van der Waals surface area contributed by atoms with Gasteiger partial charge in [0.2, 0.25) is 17.5 Å². The summed E-state index contributed by atoms with van der Waals surface area (Å²) in [5, 5.41) is 15.5. The van der Waals surface area contributed by atoms with Crippen LogP contribution in [0.2, 0.25) is 0 Å². The Morgan fingerprint density at radius 2 is 1.89 bits per heavy atom. The summed E-state index contributed by atoms with van der Waals surface area (Å²) >= 11 is 0. The molecule has 4 rings (SSSR count). The molecule has 1 unspecified atom stereocenters. The number of hydrogen-bond acceptors (Lipinski definition) is 6. The van der Waals surface area contributed by atoms with Crippen LogP contribution in [0.15, 0.2) is 46.9 Å². The van der Waals surface area contributed by atoms with E-state index in [9.17, 15) is 14.0 Å². The number of halogens is 2. The second-order valence-corrected chi connectivity index (χ2v) is 6.22. The van der Waals surface area contributed by atoms with Gasteiger partial charge < -0.3 is 19.8 Å². The van der Waals surface area contributed by atoms with Crippen molar-refractivity contribution in [1.29, 1.82) is 5.26 Å². The van der Waals surface area contributed by atoms with E-state index in [4.69, 9.17) is 9.15 Å². The average molecular weight is 382 g/mol. The number of aromatic nitrogens is 1. The van der Waals surface area contributed by atoms with Gasteiger partial charge in [-0.05, 0) is 29.8 Å². The maximum atomic E-state index is 14.0. The fourth-order valence-corrected chi connectivity index (χ4v) is 2.98. The fraction of sp³-hybridized carbons (Fsp3) is 0.200. The number of nitrogens with zero attached hydrogens (tertiary/aromatic N) is 2. The topological polar surface area (TPSA) is 83.1 Å². The van der Waals surface area contributed by atoms with Crippen LogP contribution in [0.25, 0.3) is 11.5 Å². The highest BCUT2D eigenvalue weighted by molar-refractivity contribution is 5.64. The van der Waals surface area contributed by atoms with Crippen molar-refractivity contribution in [1.82, 2.24) is 10.3 Å². The molecular formula is C20H16F2N4O2. The van der Waals surface area contributed by atoms with E-state index >= 15 is 0 Å². The Morgan fingerprint density at radius 3 is 2.54 bits per heavy atom. The van der Waals surface area contributed by atoms with Crippen LogP contribution >= 0.6 is 0 Å². The Hall–Kier alpha value is -3.28. The number of ether oxygens (including phenoxy) is 1. The lowest BCUT2D eigenvalue weighted by molar-refractivity contribution is 0.0277. The quantitative estimate of drug-likeness (QED) is 0.712. The number of morpholine rings is 1. The number of nitrogens with one attached hydrogen (secondary N) is 2. The third kappa shape index (κ3) is 3.58. The molecule has 2 heterocycles. The zero-order valence-electron chi connectivity index (χ0n) is 14.7. The minimum atomic E-state index is -0.817. The number of hydrogen-bond donors (Lipinski definition) is 2. The first-order valence-electron chi connectivity index (χ1n) is 8.70. The van der Waals surface area contributed by atoms with Crippen molar-refractivity contribution >= 4 is 11.6 Å². The fourth-order valence-electron chi connectivity index (χ4n) is 2.98. The molecule has 0 spiro atoms. The maximum absolute atomic E-state index is 14.0. The number of rotatable bonds is 4. The van der Waals surface area contributed by atoms with Crippen LogP contribution in [0, 0.1) is 23.0 Å². The molecule has 2 aromatic carbocycles. The van der Waals surface area contributed by atoms with Gasteiger partial charge in [-0.25, -0.2) is 8.78 Å². The van der Waals surface area contributed by atoms with Crippen LogP contribution in [0.1, 0.15) is 17.4 Å². The summed E-state index contributed by atoms with van der Waals surface area (Å²) in [6.45, 7) is 2.23. The summed E-state index contributed by atoms with van der Waals surface area (Å²) in [5.74, 6) is -1.91. The Labute approximate surface area is 159 Å². The minimum Gasteiger partial charge on any atom is -0.419 e. The van der Waals surface area contributed by atoms with Gasteiger partial charge in [0.15, 0.2) is 0 Å². The largest absolute Gasteiger partial charge is 0.419 e. The Morgan fingerprint density at radius 1 is 1.14 bits per heavy atom. The molecular weight excluding hydrogens is 366 g/mol. The Bertz CT molecular complexity index is 1000. The summed E-state index contributed by atoms with van der Waals surface area (Å²) in [6, 6.07) is 12.7. The van der Waals surface area contributed by atoms with Crippen molar-refractivity contribution in [3.05, 3.63) is 65.4 Å². The van der Waals surface area contributed by atoms with Crippen molar-refractivity contribution in [2.75, 3.05) is 25.0 Å². The van der Waals surface area contributed by atoms with E-state index in [0.29, 0.717) is 12.3 Å². The SMILES string of the molecule is N#Cc1nc(-c2c(F)cccc2F)oc1Nc1ccc(C2CNCCO2)cc1. The predicted molar refractivity (Wildman–Crippen MR) is 97.9 cm³/mol. The van der Waals surface area contributed by atoms with Crippen LogP contribution in [-0.4, -0.2) is 24.7 Å². The van der Waals surface area contributed by atoms with Crippen LogP contribution in [0.3, 0.4) is 0 Å². The predicted octanol–water partition coefficient (Wildman–Crippen LogP) is 3.90.